The van der Waals surface area contributed by atoms with E-state index in [2.05, 4.69) is 48.5 Å². The molecule has 0 aliphatic heterocycles. The van der Waals surface area contributed by atoms with Crippen LogP contribution in [0, 0.1) is 5.92 Å². The second-order valence-electron chi connectivity index (χ2n) is 7.37. The van der Waals surface area contributed by atoms with Crippen LogP contribution in [0.25, 0.3) is 0 Å². The zero-order valence-corrected chi connectivity index (χ0v) is 15.4. The molecule has 2 N–H and O–H groups in total. The molecule has 2 aromatic rings. The highest BCUT2D eigenvalue weighted by molar-refractivity contribution is 5.31. The summed E-state index contributed by atoms with van der Waals surface area (Å²) in [7, 11) is 1.74. The lowest BCUT2D eigenvalue weighted by Crippen LogP contribution is -2.36. The fraction of sp³-hybridized carbons (Fsp3) is 0.478. The normalized spacial score (nSPS) is 21.7. The quantitative estimate of drug-likeness (QED) is 0.742. The number of methoxy groups -OCH3 is 1. The van der Waals surface area contributed by atoms with Crippen LogP contribution in [0.1, 0.15) is 55.6 Å². The maximum atomic E-state index is 6.68. The first kappa shape index (κ1) is 18.0. The predicted octanol–water partition coefficient (Wildman–Crippen LogP) is 5.32. The van der Waals surface area contributed by atoms with Gasteiger partial charge in [-0.2, -0.15) is 0 Å². The molecule has 0 bridgehead atoms. The predicted molar refractivity (Wildman–Crippen MR) is 105 cm³/mol. The van der Waals surface area contributed by atoms with Gasteiger partial charge in [-0.1, -0.05) is 55.3 Å². The van der Waals surface area contributed by atoms with Gasteiger partial charge in [0.15, 0.2) is 0 Å². The Morgan fingerprint density at radius 1 is 1.04 bits per heavy atom. The Hall–Kier alpha value is -1.80. The summed E-state index contributed by atoms with van der Waals surface area (Å²) >= 11 is 0. The maximum absolute atomic E-state index is 6.68. The Bertz CT molecular complexity index is 640. The first-order valence-corrected chi connectivity index (χ1v) is 9.71. The van der Waals surface area contributed by atoms with Gasteiger partial charge in [0, 0.05) is 6.04 Å². The van der Waals surface area contributed by atoms with Gasteiger partial charge in [0.1, 0.15) is 5.75 Å². The van der Waals surface area contributed by atoms with Crippen molar-refractivity contribution < 1.29 is 4.74 Å². The molecule has 134 valence electrons. The van der Waals surface area contributed by atoms with E-state index in [1.165, 1.54) is 43.2 Å². The van der Waals surface area contributed by atoms with Crippen molar-refractivity contribution in [3.8, 4) is 5.75 Å². The average Bonchev–Trinajstić information content (AvgIpc) is 2.69. The van der Waals surface area contributed by atoms with Crippen molar-refractivity contribution >= 4 is 0 Å². The molecule has 0 heterocycles. The minimum atomic E-state index is 0.292. The van der Waals surface area contributed by atoms with Crippen LogP contribution in [0.5, 0.6) is 5.75 Å². The topological polar surface area (TPSA) is 35.2 Å². The third-order valence-corrected chi connectivity index (χ3v) is 5.74. The molecule has 2 nitrogen and oxygen atoms in total. The Kier molecular flexibility index (Phi) is 6.52. The van der Waals surface area contributed by atoms with Crippen LogP contribution >= 0.6 is 0 Å². The molecule has 0 saturated heterocycles. The number of hydrogen-bond acceptors (Lipinski definition) is 2. The number of ether oxygens (including phenoxy) is 1. The highest BCUT2D eigenvalue weighted by atomic mass is 16.5. The van der Waals surface area contributed by atoms with Crippen molar-refractivity contribution in [2.75, 3.05) is 7.11 Å². The number of benzene rings is 2. The molecule has 3 unspecified atom stereocenters. The molecule has 1 aliphatic carbocycles. The van der Waals surface area contributed by atoms with Crippen molar-refractivity contribution in [1.29, 1.82) is 0 Å². The minimum Gasteiger partial charge on any atom is -0.497 e. The Morgan fingerprint density at radius 3 is 2.64 bits per heavy atom. The van der Waals surface area contributed by atoms with Crippen LogP contribution in [0.2, 0.25) is 0 Å². The molecule has 25 heavy (non-hydrogen) atoms. The summed E-state index contributed by atoms with van der Waals surface area (Å²) in [6.07, 6.45) is 8.56. The van der Waals surface area contributed by atoms with Crippen molar-refractivity contribution in [1.82, 2.24) is 0 Å². The zero-order chi connectivity index (χ0) is 17.5. The molecular weight excluding hydrogens is 306 g/mol. The Morgan fingerprint density at radius 2 is 1.84 bits per heavy atom. The molecule has 2 heteroatoms. The summed E-state index contributed by atoms with van der Waals surface area (Å²) < 4.78 is 5.42. The molecule has 0 radical (unpaired) electrons. The first-order valence-electron chi connectivity index (χ1n) is 9.71. The van der Waals surface area contributed by atoms with Gasteiger partial charge >= 0.3 is 0 Å². The van der Waals surface area contributed by atoms with E-state index >= 15 is 0 Å². The summed E-state index contributed by atoms with van der Waals surface area (Å²) in [6.45, 7) is 0. The maximum Gasteiger partial charge on any atom is 0.119 e. The van der Waals surface area contributed by atoms with E-state index in [9.17, 15) is 0 Å². The van der Waals surface area contributed by atoms with Crippen LogP contribution in [0.15, 0.2) is 54.6 Å². The molecular formula is C23H31NO. The van der Waals surface area contributed by atoms with Crippen molar-refractivity contribution in [2.45, 2.75) is 56.9 Å². The van der Waals surface area contributed by atoms with Crippen molar-refractivity contribution in [3.63, 3.8) is 0 Å². The first-order chi connectivity index (χ1) is 12.3. The molecule has 2 aromatic carbocycles. The molecule has 0 spiro atoms. The van der Waals surface area contributed by atoms with Crippen LogP contribution < -0.4 is 10.5 Å². The van der Waals surface area contributed by atoms with Gasteiger partial charge in [0.2, 0.25) is 0 Å². The van der Waals surface area contributed by atoms with E-state index in [1.54, 1.807) is 7.11 Å². The minimum absolute atomic E-state index is 0.292. The van der Waals surface area contributed by atoms with Gasteiger partial charge in [-0.15, -0.1) is 0 Å². The SMILES string of the molecule is COc1cccc(C2CCCCC2C(N)CCCc2ccccc2)c1. The van der Waals surface area contributed by atoms with Crippen LogP contribution in [-0.4, -0.2) is 13.2 Å². The lowest BCUT2D eigenvalue weighted by Gasteiger charge is -2.36. The second-order valence-corrected chi connectivity index (χ2v) is 7.37. The fourth-order valence-corrected chi connectivity index (χ4v) is 4.36. The third-order valence-electron chi connectivity index (χ3n) is 5.74. The largest absolute Gasteiger partial charge is 0.497 e. The molecule has 3 atom stereocenters. The van der Waals surface area contributed by atoms with E-state index in [0.29, 0.717) is 17.9 Å². The summed E-state index contributed by atoms with van der Waals surface area (Å²) in [5.41, 5.74) is 9.50. The van der Waals surface area contributed by atoms with E-state index in [-0.39, 0.29) is 0 Å². The monoisotopic (exact) mass is 337 g/mol. The summed E-state index contributed by atoms with van der Waals surface area (Å²) in [6, 6.07) is 19.6. The third kappa shape index (κ3) is 4.85. The Balaban J connectivity index is 1.61. The van der Waals surface area contributed by atoms with Gasteiger partial charge in [0.25, 0.3) is 0 Å². The smallest absolute Gasteiger partial charge is 0.119 e. The van der Waals surface area contributed by atoms with E-state index in [0.717, 1.165) is 18.6 Å². The average molecular weight is 338 g/mol. The van der Waals surface area contributed by atoms with Crippen LogP contribution in [0.4, 0.5) is 0 Å². The molecule has 1 saturated carbocycles. The van der Waals surface area contributed by atoms with Gasteiger partial charge in [-0.3, -0.25) is 0 Å². The fourth-order valence-electron chi connectivity index (χ4n) is 4.36. The van der Waals surface area contributed by atoms with E-state index < -0.39 is 0 Å². The summed E-state index contributed by atoms with van der Waals surface area (Å²) in [5.74, 6) is 2.13. The van der Waals surface area contributed by atoms with Gasteiger partial charge in [-0.05, 0) is 67.2 Å². The van der Waals surface area contributed by atoms with Crippen molar-refractivity contribution in [2.24, 2.45) is 11.7 Å². The molecule has 0 amide bonds. The van der Waals surface area contributed by atoms with Crippen LogP contribution in [0.3, 0.4) is 0 Å². The zero-order valence-electron chi connectivity index (χ0n) is 15.4. The number of rotatable bonds is 7. The van der Waals surface area contributed by atoms with E-state index in [1.807, 2.05) is 6.07 Å². The summed E-state index contributed by atoms with van der Waals surface area (Å²) in [5, 5.41) is 0. The number of nitrogens with two attached hydrogens (primary N) is 1. The molecule has 0 aromatic heterocycles. The van der Waals surface area contributed by atoms with Crippen molar-refractivity contribution in [3.05, 3.63) is 65.7 Å². The van der Waals surface area contributed by atoms with Gasteiger partial charge < -0.3 is 10.5 Å². The lowest BCUT2D eigenvalue weighted by molar-refractivity contribution is 0.251. The molecule has 1 aliphatic rings. The van der Waals surface area contributed by atoms with Crippen LogP contribution in [-0.2, 0) is 6.42 Å². The Labute approximate surface area is 152 Å². The highest BCUT2D eigenvalue weighted by Gasteiger charge is 2.30. The number of hydrogen-bond donors (Lipinski definition) is 1. The number of aryl methyl sites for hydroxylation is 1. The standard InChI is InChI=1S/C23H31NO/c1-25-20-13-8-12-19(17-20)21-14-5-6-15-22(21)23(24)16-7-11-18-9-3-2-4-10-18/h2-4,8-10,12-13,17,21-23H,5-7,11,14-16,24H2,1H3. The lowest BCUT2D eigenvalue weighted by atomic mass is 9.71. The molecule has 1 fully saturated rings. The highest BCUT2D eigenvalue weighted by Crippen LogP contribution is 2.40. The van der Waals surface area contributed by atoms with Gasteiger partial charge in [-0.25, -0.2) is 0 Å². The molecule has 3 rings (SSSR count). The van der Waals surface area contributed by atoms with Gasteiger partial charge in [0.05, 0.1) is 7.11 Å². The van der Waals surface area contributed by atoms with E-state index in [4.69, 9.17) is 10.5 Å². The second kappa shape index (κ2) is 9.05. The summed E-state index contributed by atoms with van der Waals surface area (Å²) in [4.78, 5) is 0.